The van der Waals surface area contributed by atoms with Gasteiger partial charge in [0.2, 0.25) is 0 Å². The van der Waals surface area contributed by atoms with Gasteiger partial charge in [-0.15, -0.1) is 0 Å². The van der Waals surface area contributed by atoms with Crippen molar-refractivity contribution in [3.8, 4) is 0 Å². The van der Waals surface area contributed by atoms with Crippen molar-refractivity contribution >= 4 is 26.8 Å². The first-order chi connectivity index (χ1) is 10.1. The molecular weight excluding hydrogens is 326 g/mol. The summed E-state index contributed by atoms with van der Waals surface area (Å²) in [4.78, 5) is 4.42. The summed E-state index contributed by atoms with van der Waals surface area (Å²) in [7, 11) is 0. The Morgan fingerprint density at radius 3 is 2.43 bits per heavy atom. The first-order valence-electron chi connectivity index (χ1n) is 6.86. The number of rotatable bonds is 2. The van der Waals surface area contributed by atoms with Crippen LogP contribution in [0.3, 0.4) is 0 Å². The minimum atomic E-state index is -0.672. The third-order valence-electron chi connectivity index (χ3n) is 3.73. The number of nitrogens with zero attached hydrogens (tertiary/aromatic N) is 1. The van der Waals surface area contributed by atoms with Crippen LogP contribution in [0.25, 0.3) is 10.9 Å². The molecule has 1 atom stereocenters. The first kappa shape index (κ1) is 14.2. The van der Waals surface area contributed by atoms with Crippen LogP contribution >= 0.6 is 15.9 Å². The second-order valence-electron chi connectivity index (χ2n) is 5.29. The van der Waals surface area contributed by atoms with Crippen molar-refractivity contribution in [3.63, 3.8) is 0 Å². The number of halogens is 1. The standard InChI is InChI=1S/C18H16BrNO/c1-11-9-14(10-12(2)16(11)19)18(21)15-7-3-5-13-6-4-8-20-17(13)15/h3-10,18,21H,1-2H3. The summed E-state index contributed by atoms with van der Waals surface area (Å²) in [6.07, 6.45) is 1.09. The van der Waals surface area contributed by atoms with Gasteiger partial charge < -0.3 is 5.11 Å². The van der Waals surface area contributed by atoms with Crippen LogP contribution in [0.2, 0.25) is 0 Å². The van der Waals surface area contributed by atoms with Gasteiger partial charge in [0.15, 0.2) is 0 Å². The Labute approximate surface area is 132 Å². The summed E-state index contributed by atoms with van der Waals surface area (Å²) in [5.41, 5.74) is 4.83. The van der Waals surface area contributed by atoms with E-state index < -0.39 is 6.10 Å². The van der Waals surface area contributed by atoms with E-state index in [1.165, 1.54) is 0 Å². The summed E-state index contributed by atoms with van der Waals surface area (Å²) in [5, 5.41) is 11.8. The summed E-state index contributed by atoms with van der Waals surface area (Å²) in [6.45, 7) is 4.07. The fraction of sp³-hybridized carbons (Fsp3) is 0.167. The van der Waals surface area contributed by atoms with Crippen molar-refractivity contribution in [1.29, 1.82) is 0 Å². The molecule has 0 aliphatic carbocycles. The molecule has 1 unspecified atom stereocenters. The van der Waals surface area contributed by atoms with Crippen LogP contribution in [0.5, 0.6) is 0 Å². The van der Waals surface area contributed by atoms with Crippen LogP contribution < -0.4 is 0 Å². The molecule has 1 aromatic heterocycles. The number of aromatic nitrogens is 1. The lowest BCUT2D eigenvalue weighted by atomic mass is 9.96. The SMILES string of the molecule is Cc1cc(C(O)c2cccc3cccnc23)cc(C)c1Br. The Morgan fingerprint density at radius 1 is 1.05 bits per heavy atom. The Morgan fingerprint density at radius 2 is 1.71 bits per heavy atom. The number of benzene rings is 2. The normalized spacial score (nSPS) is 12.6. The van der Waals surface area contributed by atoms with Gasteiger partial charge in [0.25, 0.3) is 0 Å². The van der Waals surface area contributed by atoms with Gasteiger partial charge in [-0.1, -0.05) is 52.3 Å². The van der Waals surface area contributed by atoms with E-state index in [0.717, 1.165) is 37.6 Å². The van der Waals surface area contributed by atoms with Gasteiger partial charge in [0, 0.05) is 21.6 Å². The lowest BCUT2D eigenvalue weighted by molar-refractivity contribution is 0.221. The molecule has 0 fully saturated rings. The summed E-state index contributed by atoms with van der Waals surface area (Å²) >= 11 is 3.56. The monoisotopic (exact) mass is 341 g/mol. The summed E-state index contributed by atoms with van der Waals surface area (Å²) in [6, 6.07) is 13.9. The fourth-order valence-corrected chi connectivity index (χ4v) is 2.89. The molecule has 1 N–H and O–H groups in total. The molecule has 2 aromatic carbocycles. The lowest BCUT2D eigenvalue weighted by Gasteiger charge is -2.16. The molecule has 0 aliphatic rings. The van der Waals surface area contributed by atoms with Crippen molar-refractivity contribution in [2.24, 2.45) is 0 Å². The molecule has 0 amide bonds. The molecule has 0 bridgehead atoms. The number of aryl methyl sites for hydroxylation is 2. The minimum Gasteiger partial charge on any atom is -0.384 e. The fourth-order valence-electron chi connectivity index (χ4n) is 2.67. The van der Waals surface area contributed by atoms with Crippen LogP contribution in [-0.4, -0.2) is 10.1 Å². The van der Waals surface area contributed by atoms with E-state index in [9.17, 15) is 5.11 Å². The molecule has 0 saturated carbocycles. The van der Waals surface area contributed by atoms with E-state index in [1.807, 2.05) is 56.3 Å². The number of pyridine rings is 1. The molecular formula is C18H16BrNO. The molecule has 2 nitrogen and oxygen atoms in total. The first-order valence-corrected chi connectivity index (χ1v) is 7.65. The zero-order valence-electron chi connectivity index (χ0n) is 12.0. The van der Waals surface area contributed by atoms with Gasteiger partial charge >= 0.3 is 0 Å². The molecule has 106 valence electrons. The van der Waals surface area contributed by atoms with Gasteiger partial charge in [0.05, 0.1) is 5.52 Å². The smallest absolute Gasteiger partial charge is 0.106 e. The molecule has 3 heteroatoms. The number of aliphatic hydroxyl groups is 1. The van der Waals surface area contributed by atoms with E-state index in [2.05, 4.69) is 20.9 Å². The summed E-state index contributed by atoms with van der Waals surface area (Å²) in [5.74, 6) is 0. The Bertz CT molecular complexity index is 785. The number of hydrogen-bond donors (Lipinski definition) is 1. The second-order valence-corrected chi connectivity index (χ2v) is 6.09. The molecule has 0 saturated heterocycles. The number of hydrogen-bond acceptors (Lipinski definition) is 2. The maximum Gasteiger partial charge on any atom is 0.106 e. The van der Waals surface area contributed by atoms with E-state index in [4.69, 9.17) is 0 Å². The number of aliphatic hydroxyl groups excluding tert-OH is 1. The van der Waals surface area contributed by atoms with Crippen LogP contribution in [0, 0.1) is 13.8 Å². The predicted octanol–water partition coefficient (Wildman–Crippen LogP) is 4.70. The minimum absolute atomic E-state index is 0.672. The van der Waals surface area contributed by atoms with Crippen LogP contribution in [0.15, 0.2) is 53.1 Å². The molecule has 1 heterocycles. The van der Waals surface area contributed by atoms with Crippen LogP contribution in [0.1, 0.15) is 28.4 Å². The van der Waals surface area contributed by atoms with Gasteiger partial charge in [-0.25, -0.2) is 0 Å². The number of para-hydroxylation sites is 1. The van der Waals surface area contributed by atoms with E-state index in [1.54, 1.807) is 6.20 Å². The van der Waals surface area contributed by atoms with Gasteiger partial charge in [-0.05, 0) is 36.6 Å². The van der Waals surface area contributed by atoms with Crippen LogP contribution in [0.4, 0.5) is 0 Å². The molecule has 0 radical (unpaired) electrons. The largest absolute Gasteiger partial charge is 0.384 e. The third kappa shape index (κ3) is 2.59. The molecule has 21 heavy (non-hydrogen) atoms. The molecule has 0 spiro atoms. The number of fused-ring (bicyclic) bond motifs is 1. The van der Waals surface area contributed by atoms with Crippen molar-refractivity contribution in [1.82, 2.24) is 4.98 Å². The average molecular weight is 342 g/mol. The highest BCUT2D eigenvalue weighted by Gasteiger charge is 2.16. The Hall–Kier alpha value is -1.71. The average Bonchev–Trinajstić information content (AvgIpc) is 2.51. The molecule has 0 aliphatic heterocycles. The highest BCUT2D eigenvalue weighted by atomic mass is 79.9. The van der Waals surface area contributed by atoms with Crippen molar-refractivity contribution in [2.45, 2.75) is 20.0 Å². The quantitative estimate of drug-likeness (QED) is 0.733. The Kier molecular flexibility index (Phi) is 3.79. The second kappa shape index (κ2) is 5.58. The third-order valence-corrected chi connectivity index (χ3v) is 4.98. The van der Waals surface area contributed by atoms with Gasteiger partial charge in [-0.3, -0.25) is 4.98 Å². The predicted molar refractivity (Wildman–Crippen MR) is 89.4 cm³/mol. The van der Waals surface area contributed by atoms with E-state index >= 15 is 0 Å². The van der Waals surface area contributed by atoms with Crippen molar-refractivity contribution < 1.29 is 5.11 Å². The van der Waals surface area contributed by atoms with E-state index in [0.29, 0.717) is 0 Å². The maximum atomic E-state index is 10.8. The molecule has 3 rings (SSSR count). The zero-order chi connectivity index (χ0) is 15.0. The highest BCUT2D eigenvalue weighted by molar-refractivity contribution is 9.10. The maximum absolute atomic E-state index is 10.8. The van der Waals surface area contributed by atoms with Crippen molar-refractivity contribution in [2.75, 3.05) is 0 Å². The Balaban J connectivity index is 2.15. The summed E-state index contributed by atoms with van der Waals surface area (Å²) < 4.78 is 1.09. The van der Waals surface area contributed by atoms with Gasteiger partial charge in [-0.2, -0.15) is 0 Å². The highest BCUT2D eigenvalue weighted by Crippen LogP contribution is 2.31. The van der Waals surface area contributed by atoms with E-state index in [-0.39, 0.29) is 0 Å². The lowest BCUT2D eigenvalue weighted by Crippen LogP contribution is -2.03. The van der Waals surface area contributed by atoms with Crippen molar-refractivity contribution in [3.05, 3.63) is 75.4 Å². The van der Waals surface area contributed by atoms with Crippen LogP contribution in [-0.2, 0) is 0 Å². The molecule has 3 aromatic rings. The topological polar surface area (TPSA) is 33.1 Å². The van der Waals surface area contributed by atoms with Gasteiger partial charge in [0.1, 0.15) is 6.10 Å². The zero-order valence-corrected chi connectivity index (χ0v) is 13.6.